The normalized spacial score (nSPS) is 16.7. The van der Waals surface area contributed by atoms with Gasteiger partial charge in [-0.05, 0) is 43.9 Å². The lowest BCUT2D eigenvalue weighted by molar-refractivity contribution is 0.258. The van der Waals surface area contributed by atoms with E-state index < -0.39 is 5.54 Å². The molecule has 3 rings (SSSR count). The van der Waals surface area contributed by atoms with E-state index in [-0.39, 0.29) is 0 Å². The number of aliphatic imine (C=N–C) groups is 1. The summed E-state index contributed by atoms with van der Waals surface area (Å²) >= 11 is 0. The number of isocyanates is 1. The van der Waals surface area contributed by atoms with Crippen molar-refractivity contribution in [3.05, 3.63) is 29.5 Å². The summed E-state index contributed by atoms with van der Waals surface area (Å²) in [5, 5.41) is 0.982. The van der Waals surface area contributed by atoms with Crippen LogP contribution >= 0.6 is 0 Å². The van der Waals surface area contributed by atoms with Gasteiger partial charge < -0.3 is 9.15 Å². The third kappa shape index (κ3) is 1.68. The summed E-state index contributed by atoms with van der Waals surface area (Å²) in [7, 11) is 1.62. The Labute approximate surface area is 111 Å². The second-order valence-corrected chi connectivity index (χ2v) is 5.00. The topological polar surface area (TPSA) is 51.8 Å². The standard InChI is InChI=1S/C15H15NO3/c1-10-8-11-12(15(16-9-17)6-3-7-15)4-5-13(18-2)14(11)19-10/h4-5,8H,3,6-7H2,1-2H3. The maximum atomic E-state index is 10.7. The number of aryl methyl sites for hydroxylation is 1. The van der Waals surface area contributed by atoms with Crippen LogP contribution in [0.2, 0.25) is 0 Å². The van der Waals surface area contributed by atoms with E-state index in [9.17, 15) is 4.79 Å². The van der Waals surface area contributed by atoms with Crippen molar-refractivity contribution in [2.75, 3.05) is 7.11 Å². The smallest absolute Gasteiger partial charge is 0.235 e. The van der Waals surface area contributed by atoms with Crippen LogP contribution in [0.5, 0.6) is 5.75 Å². The van der Waals surface area contributed by atoms with Gasteiger partial charge in [0.05, 0.1) is 12.6 Å². The molecule has 2 aromatic rings. The highest BCUT2D eigenvalue weighted by atomic mass is 16.5. The zero-order valence-corrected chi connectivity index (χ0v) is 11.0. The van der Waals surface area contributed by atoms with E-state index in [2.05, 4.69) is 4.99 Å². The molecule has 98 valence electrons. The first-order valence-electron chi connectivity index (χ1n) is 6.37. The average Bonchev–Trinajstić information content (AvgIpc) is 2.74. The molecule has 1 aliphatic rings. The molecule has 1 fully saturated rings. The van der Waals surface area contributed by atoms with Crippen molar-refractivity contribution >= 4 is 17.0 Å². The molecule has 0 bridgehead atoms. The molecule has 1 aliphatic carbocycles. The molecule has 0 unspecified atom stereocenters. The van der Waals surface area contributed by atoms with Crippen LogP contribution in [-0.2, 0) is 10.3 Å². The number of rotatable bonds is 3. The van der Waals surface area contributed by atoms with Crippen molar-refractivity contribution in [3.63, 3.8) is 0 Å². The number of hydrogen-bond acceptors (Lipinski definition) is 4. The Kier molecular flexibility index (Phi) is 2.68. The Bertz CT molecular complexity index is 676. The largest absolute Gasteiger partial charge is 0.493 e. The van der Waals surface area contributed by atoms with Gasteiger partial charge in [-0.25, -0.2) is 4.79 Å². The molecular weight excluding hydrogens is 242 g/mol. The van der Waals surface area contributed by atoms with E-state index in [4.69, 9.17) is 9.15 Å². The summed E-state index contributed by atoms with van der Waals surface area (Å²) in [6, 6.07) is 5.84. The van der Waals surface area contributed by atoms with Crippen molar-refractivity contribution in [2.45, 2.75) is 31.7 Å². The van der Waals surface area contributed by atoms with E-state index in [0.717, 1.165) is 41.6 Å². The Morgan fingerprint density at radius 2 is 2.21 bits per heavy atom. The fourth-order valence-corrected chi connectivity index (χ4v) is 2.83. The maximum absolute atomic E-state index is 10.7. The second kappa shape index (κ2) is 4.25. The van der Waals surface area contributed by atoms with Gasteiger partial charge in [0, 0.05) is 5.39 Å². The number of hydrogen-bond donors (Lipinski definition) is 0. The van der Waals surface area contributed by atoms with Crippen LogP contribution in [0.1, 0.15) is 30.6 Å². The van der Waals surface area contributed by atoms with Gasteiger partial charge in [-0.15, -0.1) is 0 Å². The van der Waals surface area contributed by atoms with Crippen molar-refractivity contribution in [1.29, 1.82) is 0 Å². The SMILES string of the molecule is COc1ccc(C2(N=C=O)CCC2)c2cc(C)oc12. The van der Waals surface area contributed by atoms with Gasteiger partial charge in [-0.1, -0.05) is 6.07 Å². The molecule has 1 saturated carbocycles. The number of fused-ring (bicyclic) bond motifs is 1. The first kappa shape index (κ1) is 12.0. The van der Waals surface area contributed by atoms with Crippen molar-refractivity contribution in [1.82, 2.24) is 0 Å². The lowest BCUT2D eigenvalue weighted by atomic mass is 9.71. The molecular formula is C15H15NO3. The van der Waals surface area contributed by atoms with E-state index in [1.807, 2.05) is 25.1 Å². The summed E-state index contributed by atoms with van der Waals surface area (Å²) in [5.74, 6) is 1.53. The fourth-order valence-electron chi connectivity index (χ4n) is 2.83. The predicted octanol–water partition coefficient (Wildman–Crippen LogP) is 3.46. The minimum atomic E-state index is -0.414. The molecule has 0 aliphatic heterocycles. The molecule has 0 radical (unpaired) electrons. The van der Waals surface area contributed by atoms with Gasteiger partial charge in [-0.2, -0.15) is 4.99 Å². The van der Waals surface area contributed by atoms with Crippen LogP contribution < -0.4 is 4.74 Å². The van der Waals surface area contributed by atoms with Gasteiger partial charge in [-0.3, -0.25) is 0 Å². The van der Waals surface area contributed by atoms with Crippen LogP contribution in [0.3, 0.4) is 0 Å². The Hall–Kier alpha value is -2.06. The first-order valence-corrected chi connectivity index (χ1v) is 6.37. The minimum absolute atomic E-state index is 0.414. The van der Waals surface area contributed by atoms with E-state index in [0.29, 0.717) is 5.75 Å². The molecule has 1 heterocycles. The van der Waals surface area contributed by atoms with E-state index in [1.165, 1.54) is 0 Å². The number of benzene rings is 1. The molecule has 19 heavy (non-hydrogen) atoms. The monoisotopic (exact) mass is 257 g/mol. The molecule has 0 amide bonds. The quantitative estimate of drug-likeness (QED) is 0.625. The number of ether oxygens (including phenoxy) is 1. The van der Waals surface area contributed by atoms with Gasteiger partial charge in [0.15, 0.2) is 11.3 Å². The Morgan fingerprint density at radius 1 is 1.42 bits per heavy atom. The molecule has 4 heteroatoms. The number of carbonyl (C=O) groups excluding carboxylic acids is 1. The maximum Gasteiger partial charge on any atom is 0.235 e. The summed E-state index contributed by atoms with van der Waals surface area (Å²) in [4.78, 5) is 14.8. The van der Waals surface area contributed by atoms with Crippen LogP contribution in [0.15, 0.2) is 27.6 Å². The van der Waals surface area contributed by atoms with Crippen molar-refractivity contribution in [3.8, 4) is 5.75 Å². The highest BCUT2D eigenvalue weighted by molar-refractivity contribution is 5.88. The van der Waals surface area contributed by atoms with Crippen LogP contribution in [0, 0.1) is 6.92 Å². The Morgan fingerprint density at radius 3 is 2.79 bits per heavy atom. The van der Waals surface area contributed by atoms with Crippen LogP contribution in [0.25, 0.3) is 11.0 Å². The average molecular weight is 257 g/mol. The van der Waals surface area contributed by atoms with Gasteiger partial charge in [0.25, 0.3) is 0 Å². The third-order valence-electron chi connectivity index (χ3n) is 3.93. The molecule has 0 N–H and O–H groups in total. The third-order valence-corrected chi connectivity index (χ3v) is 3.93. The summed E-state index contributed by atoms with van der Waals surface area (Å²) in [5.41, 5.74) is 1.35. The highest BCUT2D eigenvalue weighted by Crippen LogP contribution is 2.48. The lowest BCUT2D eigenvalue weighted by Gasteiger charge is -2.37. The second-order valence-electron chi connectivity index (χ2n) is 5.00. The summed E-state index contributed by atoms with van der Waals surface area (Å²) in [6.45, 7) is 1.90. The molecule has 0 saturated heterocycles. The zero-order chi connectivity index (χ0) is 13.5. The van der Waals surface area contributed by atoms with Gasteiger partial charge in [0.2, 0.25) is 6.08 Å². The van der Waals surface area contributed by atoms with E-state index >= 15 is 0 Å². The lowest BCUT2D eigenvalue weighted by Crippen LogP contribution is -2.32. The van der Waals surface area contributed by atoms with Gasteiger partial charge in [0.1, 0.15) is 5.76 Å². The molecule has 0 spiro atoms. The molecule has 0 atom stereocenters. The van der Waals surface area contributed by atoms with Crippen molar-refractivity contribution < 1.29 is 13.9 Å². The molecule has 1 aromatic heterocycles. The minimum Gasteiger partial charge on any atom is -0.493 e. The van der Waals surface area contributed by atoms with E-state index in [1.54, 1.807) is 13.2 Å². The number of furan rings is 1. The summed E-state index contributed by atoms with van der Waals surface area (Å²) < 4.78 is 11.0. The molecule has 4 nitrogen and oxygen atoms in total. The number of nitrogens with zero attached hydrogens (tertiary/aromatic N) is 1. The van der Waals surface area contributed by atoms with Gasteiger partial charge >= 0.3 is 0 Å². The Balaban J connectivity index is 2.27. The van der Waals surface area contributed by atoms with Crippen LogP contribution in [0.4, 0.5) is 0 Å². The fraction of sp³-hybridized carbons (Fsp3) is 0.400. The van der Waals surface area contributed by atoms with Crippen molar-refractivity contribution in [2.24, 2.45) is 4.99 Å². The summed E-state index contributed by atoms with van der Waals surface area (Å²) in [6.07, 6.45) is 4.57. The highest BCUT2D eigenvalue weighted by Gasteiger charge is 2.40. The van der Waals surface area contributed by atoms with Crippen LogP contribution in [-0.4, -0.2) is 13.2 Å². The molecule has 1 aromatic carbocycles. The first-order chi connectivity index (χ1) is 9.20. The zero-order valence-electron chi connectivity index (χ0n) is 11.0. The predicted molar refractivity (Wildman–Crippen MR) is 71.2 cm³/mol. The number of methoxy groups -OCH3 is 1.